The number of carbonyl (C=O) groups excluding carboxylic acids is 1. The summed E-state index contributed by atoms with van der Waals surface area (Å²) in [7, 11) is 0. The number of aliphatic carboxylic acids is 1. The third kappa shape index (κ3) is 3.90. The van der Waals surface area contributed by atoms with Crippen LogP contribution < -0.4 is 10.9 Å². The summed E-state index contributed by atoms with van der Waals surface area (Å²) in [5, 5.41) is 12.5. The third-order valence-corrected chi connectivity index (χ3v) is 6.30. The van der Waals surface area contributed by atoms with Crippen LogP contribution in [0.25, 0.3) is 10.2 Å². The molecule has 1 aliphatic rings. The number of aryl methyl sites for hydroxylation is 2. The summed E-state index contributed by atoms with van der Waals surface area (Å²) in [5.74, 6) is -1.05. The fourth-order valence-corrected chi connectivity index (χ4v) is 4.69. The Morgan fingerprint density at radius 2 is 2.11 bits per heavy atom. The van der Waals surface area contributed by atoms with Gasteiger partial charge in [0.2, 0.25) is 0 Å². The van der Waals surface area contributed by atoms with Crippen molar-refractivity contribution in [2.45, 2.75) is 58.9 Å². The Balaban J connectivity index is 1.90. The van der Waals surface area contributed by atoms with E-state index in [4.69, 9.17) is 0 Å². The number of nitrogens with zero attached hydrogens (tertiary/aromatic N) is 2. The molecular weight excluding hydrogens is 366 g/mol. The topological polar surface area (TPSA) is 101 Å². The van der Waals surface area contributed by atoms with Gasteiger partial charge in [-0.3, -0.25) is 19.0 Å². The molecule has 1 atom stereocenters. The number of fused-ring (bicyclic) bond motifs is 2. The van der Waals surface area contributed by atoms with Crippen LogP contribution in [0.1, 0.15) is 60.1 Å². The van der Waals surface area contributed by atoms with E-state index in [-0.39, 0.29) is 18.0 Å². The quantitative estimate of drug-likeness (QED) is 0.788. The summed E-state index contributed by atoms with van der Waals surface area (Å²) in [6, 6.07) is 0. The molecule has 27 heavy (non-hydrogen) atoms. The molecule has 0 spiro atoms. The van der Waals surface area contributed by atoms with E-state index in [2.05, 4.69) is 10.3 Å². The van der Waals surface area contributed by atoms with Gasteiger partial charge in [-0.25, -0.2) is 4.98 Å². The Morgan fingerprint density at radius 3 is 2.81 bits per heavy atom. The molecule has 2 aromatic heterocycles. The average Bonchev–Trinajstić information content (AvgIpc) is 2.80. The van der Waals surface area contributed by atoms with E-state index in [9.17, 15) is 19.5 Å². The lowest BCUT2D eigenvalue weighted by atomic mass is 10.0. The van der Waals surface area contributed by atoms with Gasteiger partial charge in [0.1, 0.15) is 10.7 Å². The molecule has 0 aliphatic carbocycles. The average molecular weight is 391 g/mol. The number of hydrogen-bond acceptors (Lipinski definition) is 5. The zero-order valence-corrected chi connectivity index (χ0v) is 16.5. The maximum Gasteiger partial charge on any atom is 0.308 e. The van der Waals surface area contributed by atoms with Gasteiger partial charge in [0.25, 0.3) is 11.5 Å². The number of carboxylic acids is 1. The molecule has 3 rings (SSSR count). The summed E-state index contributed by atoms with van der Waals surface area (Å²) < 4.78 is 1.75. The van der Waals surface area contributed by atoms with Crippen molar-refractivity contribution in [3.63, 3.8) is 0 Å². The zero-order valence-electron chi connectivity index (χ0n) is 15.7. The Bertz CT molecular complexity index is 931. The fourth-order valence-electron chi connectivity index (χ4n) is 3.58. The van der Waals surface area contributed by atoms with E-state index in [1.165, 1.54) is 11.3 Å². The number of thiophene rings is 1. The third-order valence-electron chi connectivity index (χ3n) is 5.11. The van der Waals surface area contributed by atoms with Crippen LogP contribution in [-0.2, 0) is 17.8 Å². The molecule has 2 aromatic rings. The molecule has 2 N–H and O–H groups in total. The van der Waals surface area contributed by atoms with Crippen molar-refractivity contribution in [1.82, 2.24) is 14.9 Å². The smallest absolute Gasteiger partial charge is 0.308 e. The van der Waals surface area contributed by atoms with Crippen molar-refractivity contribution in [2.24, 2.45) is 5.92 Å². The van der Waals surface area contributed by atoms with Crippen molar-refractivity contribution in [3.05, 3.63) is 26.6 Å². The molecule has 7 nitrogen and oxygen atoms in total. The number of aromatic nitrogens is 2. The molecule has 0 bridgehead atoms. The molecule has 0 fully saturated rings. The summed E-state index contributed by atoms with van der Waals surface area (Å²) in [4.78, 5) is 42.5. The van der Waals surface area contributed by atoms with Gasteiger partial charge < -0.3 is 10.4 Å². The molecule has 146 valence electrons. The monoisotopic (exact) mass is 391 g/mol. The van der Waals surface area contributed by atoms with Crippen LogP contribution in [0.4, 0.5) is 0 Å². The summed E-state index contributed by atoms with van der Waals surface area (Å²) in [6.45, 7) is 4.43. The molecular formula is C19H25N3O4S. The van der Waals surface area contributed by atoms with Crippen LogP contribution in [-0.4, -0.2) is 33.1 Å². The molecule has 0 aromatic carbocycles. The van der Waals surface area contributed by atoms with Crippen molar-refractivity contribution in [1.29, 1.82) is 0 Å². The Labute approximate surface area is 161 Å². The van der Waals surface area contributed by atoms with Gasteiger partial charge in [-0.2, -0.15) is 0 Å². The first-order chi connectivity index (χ1) is 12.9. The second-order valence-corrected chi connectivity index (χ2v) is 8.06. The second-order valence-electron chi connectivity index (χ2n) is 7.07. The number of amides is 1. The van der Waals surface area contributed by atoms with Crippen LogP contribution in [0, 0.1) is 12.8 Å². The summed E-state index contributed by atoms with van der Waals surface area (Å²) in [5.41, 5.74) is 0.561. The van der Waals surface area contributed by atoms with Crippen molar-refractivity contribution in [2.75, 3.05) is 6.54 Å². The number of carbonyl (C=O) groups is 2. The molecule has 0 saturated carbocycles. The van der Waals surface area contributed by atoms with E-state index in [1.54, 1.807) is 11.5 Å². The van der Waals surface area contributed by atoms with Crippen molar-refractivity contribution in [3.8, 4) is 0 Å². The van der Waals surface area contributed by atoms with E-state index in [1.807, 2.05) is 6.92 Å². The standard InChI is InChI=1S/C19H25N3O4S/c1-3-7-12(19(25)26)10-20-16(23)15-11(2)14-17(27-15)21-13-8-5-4-6-9-22(13)18(14)24/h12H,3-10H2,1-2H3,(H,20,23)(H,25,26). The lowest BCUT2D eigenvalue weighted by Crippen LogP contribution is -2.32. The molecule has 1 amide bonds. The maximum absolute atomic E-state index is 12.9. The van der Waals surface area contributed by atoms with Crippen LogP contribution in [0.15, 0.2) is 4.79 Å². The lowest BCUT2D eigenvalue weighted by molar-refractivity contribution is -0.141. The van der Waals surface area contributed by atoms with Gasteiger partial charge in [-0.1, -0.05) is 19.8 Å². The van der Waals surface area contributed by atoms with Crippen molar-refractivity contribution < 1.29 is 14.7 Å². The van der Waals surface area contributed by atoms with Gasteiger partial charge in [0.05, 0.1) is 16.2 Å². The van der Waals surface area contributed by atoms with Crippen LogP contribution >= 0.6 is 11.3 Å². The highest BCUT2D eigenvalue weighted by Gasteiger charge is 2.23. The zero-order chi connectivity index (χ0) is 19.6. The Kier molecular flexibility index (Phi) is 5.94. The predicted octanol–water partition coefficient (Wildman–Crippen LogP) is 2.72. The van der Waals surface area contributed by atoms with Gasteiger partial charge in [0.15, 0.2) is 0 Å². The second kappa shape index (κ2) is 8.21. The SMILES string of the molecule is CCCC(CNC(=O)c1sc2nc3n(c(=O)c2c1C)CCCCC3)C(=O)O. The van der Waals surface area contributed by atoms with E-state index >= 15 is 0 Å². The minimum atomic E-state index is -0.908. The first-order valence-corrected chi connectivity index (χ1v) is 10.3. The minimum absolute atomic E-state index is 0.0703. The fraction of sp³-hybridized carbons (Fsp3) is 0.579. The Morgan fingerprint density at radius 1 is 1.33 bits per heavy atom. The largest absolute Gasteiger partial charge is 0.481 e. The van der Waals surface area contributed by atoms with E-state index in [0.717, 1.165) is 37.9 Å². The first-order valence-electron chi connectivity index (χ1n) is 9.47. The first kappa shape index (κ1) is 19.5. The molecule has 0 saturated heterocycles. The Hall–Kier alpha value is -2.22. The van der Waals surface area contributed by atoms with Crippen molar-refractivity contribution >= 4 is 33.4 Å². The molecule has 0 radical (unpaired) electrons. The normalized spacial score (nSPS) is 15.2. The maximum atomic E-state index is 12.9. The minimum Gasteiger partial charge on any atom is -0.481 e. The molecule has 1 aliphatic heterocycles. The highest BCUT2D eigenvalue weighted by molar-refractivity contribution is 7.20. The summed E-state index contributed by atoms with van der Waals surface area (Å²) >= 11 is 1.22. The van der Waals surface area contributed by atoms with E-state index in [0.29, 0.717) is 33.6 Å². The number of hydrogen-bond donors (Lipinski definition) is 2. The predicted molar refractivity (Wildman–Crippen MR) is 105 cm³/mol. The number of carboxylic acid groups (broad SMARTS) is 1. The number of rotatable bonds is 6. The van der Waals surface area contributed by atoms with Gasteiger partial charge in [-0.15, -0.1) is 11.3 Å². The van der Waals surface area contributed by atoms with E-state index < -0.39 is 11.9 Å². The highest BCUT2D eigenvalue weighted by Crippen LogP contribution is 2.28. The molecule has 1 unspecified atom stereocenters. The molecule has 8 heteroatoms. The van der Waals surface area contributed by atoms with Crippen LogP contribution in [0.3, 0.4) is 0 Å². The lowest BCUT2D eigenvalue weighted by Gasteiger charge is -2.12. The van der Waals surface area contributed by atoms with Gasteiger partial charge in [0, 0.05) is 19.5 Å². The molecule has 3 heterocycles. The van der Waals surface area contributed by atoms with Gasteiger partial charge >= 0.3 is 5.97 Å². The van der Waals surface area contributed by atoms with Crippen LogP contribution in [0.2, 0.25) is 0 Å². The highest BCUT2D eigenvalue weighted by atomic mass is 32.1. The van der Waals surface area contributed by atoms with Gasteiger partial charge in [-0.05, 0) is 31.7 Å². The number of nitrogens with one attached hydrogen (secondary N) is 1. The summed E-state index contributed by atoms with van der Waals surface area (Å²) in [6.07, 6.45) is 5.10. The van der Waals surface area contributed by atoms with Crippen LogP contribution in [0.5, 0.6) is 0 Å².